The van der Waals surface area contributed by atoms with Gasteiger partial charge in [-0.2, -0.15) is 13.2 Å². The van der Waals surface area contributed by atoms with Gasteiger partial charge >= 0.3 is 6.18 Å². The number of anilines is 1. The number of halogens is 6. The van der Waals surface area contributed by atoms with Gasteiger partial charge in [-0.25, -0.2) is 0 Å². The Morgan fingerprint density at radius 3 is 2.26 bits per heavy atom. The van der Waals surface area contributed by atoms with Crippen molar-refractivity contribution < 1.29 is 22.7 Å². The molecule has 0 fully saturated rings. The molecule has 1 N–H and O–H groups in total. The lowest BCUT2D eigenvalue weighted by molar-refractivity contribution is -0.137. The number of carbonyl (C=O) groups is 1. The normalized spacial score (nSPS) is 12.2. The number of carbonyl (C=O) groups excluding carboxylic acids is 1. The number of ether oxygens (including phenoxy) is 1. The largest absolute Gasteiger partial charge is 0.495 e. The molecule has 0 radical (unpaired) electrons. The summed E-state index contributed by atoms with van der Waals surface area (Å²) in [5.41, 5.74) is -1.21. The van der Waals surface area contributed by atoms with Crippen molar-refractivity contribution >= 4 is 46.4 Å². The predicted molar refractivity (Wildman–Crippen MR) is 66.9 cm³/mol. The van der Waals surface area contributed by atoms with E-state index in [2.05, 4.69) is 5.32 Å². The maximum absolute atomic E-state index is 12.5. The fourth-order valence-electron chi connectivity index (χ4n) is 1.18. The number of hydrogen-bond acceptors (Lipinski definition) is 2. The molecule has 19 heavy (non-hydrogen) atoms. The van der Waals surface area contributed by atoms with Gasteiger partial charge in [0.05, 0.1) is 18.4 Å². The summed E-state index contributed by atoms with van der Waals surface area (Å²) < 4.78 is 40.2. The second-order valence-electron chi connectivity index (χ2n) is 3.36. The van der Waals surface area contributed by atoms with Crippen LogP contribution in [-0.2, 0) is 11.0 Å². The summed E-state index contributed by atoms with van der Waals surface area (Å²) in [6.45, 7) is 0. The molecule has 0 aliphatic heterocycles. The van der Waals surface area contributed by atoms with Crippen molar-refractivity contribution in [1.82, 2.24) is 0 Å². The SMILES string of the molecule is COc1ccc(C(F)(F)F)cc1NC(=O)C(Cl)(Cl)Cl. The van der Waals surface area contributed by atoms with Crippen LogP contribution in [0.4, 0.5) is 18.9 Å². The number of nitrogens with one attached hydrogen (secondary N) is 1. The van der Waals surface area contributed by atoms with Crippen LogP contribution in [-0.4, -0.2) is 16.8 Å². The molecule has 0 bridgehead atoms. The standard InChI is InChI=1S/C10H7Cl3F3NO2/c1-19-7-3-2-5(10(14,15)16)4-6(7)17-8(18)9(11,12)13/h2-4H,1H3,(H,17,18). The van der Waals surface area contributed by atoms with E-state index in [0.717, 1.165) is 12.1 Å². The molecular weight excluding hydrogens is 329 g/mol. The molecule has 0 aromatic heterocycles. The van der Waals surface area contributed by atoms with E-state index in [1.807, 2.05) is 0 Å². The van der Waals surface area contributed by atoms with Crippen molar-refractivity contribution in [3.8, 4) is 5.75 Å². The fourth-order valence-corrected chi connectivity index (χ4v) is 1.32. The van der Waals surface area contributed by atoms with Crippen LogP contribution >= 0.6 is 34.8 Å². The fraction of sp³-hybridized carbons (Fsp3) is 0.300. The number of benzene rings is 1. The quantitative estimate of drug-likeness (QED) is 0.828. The van der Waals surface area contributed by atoms with E-state index < -0.39 is 21.4 Å². The molecule has 0 aliphatic carbocycles. The molecule has 0 saturated carbocycles. The first-order chi connectivity index (χ1) is 8.55. The third-order valence-electron chi connectivity index (χ3n) is 2.03. The van der Waals surface area contributed by atoms with Gasteiger partial charge in [0.2, 0.25) is 0 Å². The number of amides is 1. The molecule has 0 atom stereocenters. The van der Waals surface area contributed by atoms with Crippen molar-refractivity contribution in [2.45, 2.75) is 9.97 Å². The highest BCUT2D eigenvalue weighted by Crippen LogP contribution is 2.36. The number of hydrogen-bond donors (Lipinski definition) is 1. The van der Waals surface area contributed by atoms with E-state index in [-0.39, 0.29) is 11.4 Å². The summed E-state index contributed by atoms with van der Waals surface area (Å²) in [6, 6.07) is 2.55. The molecule has 1 aromatic rings. The highest BCUT2D eigenvalue weighted by atomic mass is 35.6. The van der Waals surface area contributed by atoms with Gasteiger partial charge in [-0.1, -0.05) is 34.8 Å². The van der Waals surface area contributed by atoms with Crippen molar-refractivity contribution in [1.29, 1.82) is 0 Å². The van der Waals surface area contributed by atoms with Gasteiger partial charge in [-0.05, 0) is 18.2 Å². The molecule has 9 heteroatoms. The van der Waals surface area contributed by atoms with Crippen LogP contribution in [0.25, 0.3) is 0 Å². The van der Waals surface area contributed by atoms with Crippen molar-refractivity contribution in [3.63, 3.8) is 0 Å². The molecule has 0 aliphatic rings. The van der Waals surface area contributed by atoms with Gasteiger partial charge in [-0.3, -0.25) is 4.79 Å². The summed E-state index contributed by atoms with van der Waals surface area (Å²) in [6.07, 6.45) is -4.56. The van der Waals surface area contributed by atoms with Gasteiger partial charge in [0.25, 0.3) is 9.70 Å². The highest BCUT2D eigenvalue weighted by molar-refractivity contribution is 6.76. The maximum atomic E-state index is 12.5. The van der Waals surface area contributed by atoms with E-state index in [0.29, 0.717) is 6.07 Å². The van der Waals surface area contributed by atoms with Gasteiger partial charge in [0.15, 0.2) is 0 Å². The molecular formula is C10H7Cl3F3NO2. The van der Waals surface area contributed by atoms with Crippen LogP contribution in [0.3, 0.4) is 0 Å². The Hall–Kier alpha value is -0.850. The van der Waals surface area contributed by atoms with Crippen LogP contribution in [0, 0.1) is 0 Å². The summed E-state index contributed by atoms with van der Waals surface area (Å²) in [7, 11) is 1.23. The Kier molecular flexibility index (Phi) is 4.81. The van der Waals surface area contributed by atoms with Crippen LogP contribution in [0.5, 0.6) is 5.75 Å². The zero-order valence-corrected chi connectivity index (χ0v) is 11.6. The minimum Gasteiger partial charge on any atom is -0.495 e. The Morgan fingerprint density at radius 2 is 1.84 bits per heavy atom. The Morgan fingerprint density at radius 1 is 1.26 bits per heavy atom. The minimum atomic E-state index is -4.56. The lowest BCUT2D eigenvalue weighted by Gasteiger charge is -2.16. The first kappa shape index (κ1) is 16.2. The van der Waals surface area contributed by atoms with Crippen molar-refractivity contribution in [2.24, 2.45) is 0 Å². The summed E-state index contributed by atoms with van der Waals surface area (Å²) in [4.78, 5) is 11.4. The Balaban J connectivity index is 3.14. The zero-order chi connectivity index (χ0) is 14.8. The summed E-state index contributed by atoms with van der Waals surface area (Å²) in [5, 5.41) is 2.05. The van der Waals surface area contributed by atoms with E-state index in [1.165, 1.54) is 7.11 Å². The predicted octanol–water partition coefficient (Wildman–Crippen LogP) is 4.02. The first-order valence-electron chi connectivity index (χ1n) is 4.69. The monoisotopic (exact) mass is 335 g/mol. The summed E-state index contributed by atoms with van der Waals surface area (Å²) >= 11 is 15.9. The molecule has 0 spiro atoms. The molecule has 1 aromatic carbocycles. The lowest BCUT2D eigenvalue weighted by Crippen LogP contribution is -2.27. The average Bonchev–Trinajstić information content (AvgIpc) is 2.26. The lowest BCUT2D eigenvalue weighted by atomic mass is 10.1. The number of methoxy groups -OCH3 is 1. The van der Waals surface area contributed by atoms with Crippen molar-refractivity contribution in [2.75, 3.05) is 12.4 Å². The Bertz CT molecular complexity index is 486. The van der Waals surface area contributed by atoms with Crippen LogP contribution in [0.1, 0.15) is 5.56 Å². The minimum absolute atomic E-state index is 0.00981. The molecule has 1 amide bonds. The average molecular weight is 337 g/mol. The second kappa shape index (κ2) is 5.64. The van der Waals surface area contributed by atoms with Gasteiger partial charge in [0, 0.05) is 0 Å². The van der Waals surface area contributed by atoms with E-state index in [1.54, 1.807) is 0 Å². The van der Waals surface area contributed by atoms with Crippen LogP contribution < -0.4 is 10.1 Å². The summed E-state index contributed by atoms with van der Waals surface area (Å²) in [5.74, 6) is -1.08. The Labute approximate surface area is 121 Å². The first-order valence-corrected chi connectivity index (χ1v) is 5.82. The second-order valence-corrected chi connectivity index (χ2v) is 5.65. The van der Waals surface area contributed by atoms with Crippen LogP contribution in [0.2, 0.25) is 0 Å². The topological polar surface area (TPSA) is 38.3 Å². The molecule has 0 heterocycles. The number of rotatable bonds is 2. The van der Waals surface area contributed by atoms with Crippen molar-refractivity contribution in [3.05, 3.63) is 23.8 Å². The van der Waals surface area contributed by atoms with Gasteiger partial charge < -0.3 is 10.1 Å². The third kappa shape index (κ3) is 4.33. The molecule has 106 valence electrons. The van der Waals surface area contributed by atoms with E-state index in [9.17, 15) is 18.0 Å². The maximum Gasteiger partial charge on any atom is 0.416 e. The van der Waals surface area contributed by atoms with E-state index in [4.69, 9.17) is 39.5 Å². The highest BCUT2D eigenvalue weighted by Gasteiger charge is 2.34. The van der Waals surface area contributed by atoms with Gasteiger partial charge in [0.1, 0.15) is 5.75 Å². The molecule has 0 unspecified atom stereocenters. The zero-order valence-electron chi connectivity index (χ0n) is 9.32. The van der Waals surface area contributed by atoms with Gasteiger partial charge in [-0.15, -0.1) is 0 Å². The van der Waals surface area contributed by atoms with Crippen LogP contribution in [0.15, 0.2) is 18.2 Å². The molecule has 3 nitrogen and oxygen atoms in total. The third-order valence-corrected chi connectivity index (χ3v) is 2.55. The van der Waals surface area contributed by atoms with E-state index >= 15 is 0 Å². The number of alkyl halides is 6. The molecule has 1 rings (SSSR count). The molecule has 0 saturated heterocycles. The smallest absolute Gasteiger partial charge is 0.416 e.